The molecule has 0 aliphatic carbocycles. The van der Waals surface area contributed by atoms with Crippen LogP contribution in [0.4, 0.5) is 4.39 Å². The zero-order valence-corrected chi connectivity index (χ0v) is 12.1. The average molecular weight is 307 g/mol. The van der Waals surface area contributed by atoms with Gasteiger partial charge in [0, 0.05) is 19.1 Å². The summed E-state index contributed by atoms with van der Waals surface area (Å²) in [5, 5.41) is -0.0951. The first-order valence-electron chi connectivity index (χ1n) is 6.03. The van der Waals surface area contributed by atoms with Gasteiger partial charge in [-0.15, -0.1) is 0 Å². The van der Waals surface area contributed by atoms with E-state index in [0.29, 0.717) is 6.54 Å². The summed E-state index contributed by atoms with van der Waals surface area (Å²) in [7, 11) is -3.71. The minimum absolute atomic E-state index is 0.0535. The van der Waals surface area contributed by atoms with Gasteiger partial charge in [-0.3, -0.25) is 0 Å². The maximum absolute atomic E-state index is 13.3. The molecular weight excluding hydrogens is 291 g/mol. The molecule has 0 aromatic heterocycles. The molecule has 19 heavy (non-hydrogen) atoms. The molecule has 1 saturated heterocycles. The van der Waals surface area contributed by atoms with Gasteiger partial charge in [0.1, 0.15) is 10.7 Å². The Morgan fingerprint density at radius 3 is 2.79 bits per heavy atom. The molecule has 1 aromatic rings. The number of nitrogens with two attached hydrogens (primary N) is 1. The summed E-state index contributed by atoms with van der Waals surface area (Å²) in [4.78, 5) is -0.0535. The predicted octanol–water partition coefficient (Wildman–Crippen LogP) is 1.90. The van der Waals surface area contributed by atoms with E-state index in [1.807, 2.05) is 0 Å². The van der Waals surface area contributed by atoms with E-state index in [1.165, 1.54) is 17.3 Å². The number of nitrogens with zero attached hydrogens (tertiary/aromatic N) is 1. The van der Waals surface area contributed by atoms with Crippen LogP contribution in [0.2, 0.25) is 5.02 Å². The molecule has 7 heteroatoms. The van der Waals surface area contributed by atoms with Gasteiger partial charge in [-0.1, -0.05) is 11.6 Å². The van der Waals surface area contributed by atoms with Crippen molar-refractivity contribution in [2.45, 2.75) is 30.7 Å². The Labute approximate surface area is 117 Å². The topological polar surface area (TPSA) is 63.4 Å². The van der Waals surface area contributed by atoms with Gasteiger partial charge in [0.15, 0.2) is 0 Å². The van der Waals surface area contributed by atoms with Gasteiger partial charge in [-0.25, -0.2) is 12.8 Å². The van der Waals surface area contributed by atoms with E-state index in [2.05, 4.69) is 0 Å². The number of benzene rings is 1. The van der Waals surface area contributed by atoms with Crippen LogP contribution < -0.4 is 5.73 Å². The smallest absolute Gasteiger partial charge is 0.244 e. The van der Waals surface area contributed by atoms with E-state index < -0.39 is 15.8 Å². The van der Waals surface area contributed by atoms with Crippen molar-refractivity contribution in [2.75, 3.05) is 13.1 Å². The van der Waals surface area contributed by atoms with Gasteiger partial charge in [-0.2, -0.15) is 4.31 Å². The molecule has 0 saturated carbocycles. The first-order valence-corrected chi connectivity index (χ1v) is 7.85. The number of hydrogen-bond acceptors (Lipinski definition) is 3. The maximum Gasteiger partial charge on any atom is 0.244 e. The van der Waals surface area contributed by atoms with Gasteiger partial charge in [0.25, 0.3) is 0 Å². The highest BCUT2D eigenvalue weighted by atomic mass is 35.5. The molecule has 0 spiro atoms. The molecule has 4 nitrogen and oxygen atoms in total. The minimum atomic E-state index is -3.71. The van der Waals surface area contributed by atoms with Crippen molar-refractivity contribution in [1.29, 1.82) is 0 Å². The third kappa shape index (κ3) is 2.91. The number of halogens is 2. The summed E-state index contributed by atoms with van der Waals surface area (Å²) in [5.41, 5.74) is 6.05. The van der Waals surface area contributed by atoms with Gasteiger partial charge >= 0.3 is 0 Å². The summed E-state index contributed by atoms with van der Waals surface area (Å²) in [5.74, 6) is -0.515. The Kier molecular flexibility index (Phi) is 4.15. The Morgan fingerprint density at radius 1 is 1.47 bits per heavy atom. The highest BCUT2D eigenvalue weighted by Crippen LogP contribution is 2.28. The lowest BCUT2D eigenvalue weighted by Crippen LogP contribution is -2.45. The summed E-state index contributed by atoms with van der Waals surface area (Å²) >= 11 is 5.86. The van der Waals surface area contributed by atoms with E-state index >= 15 is 0 Å². The number of hydrogen-bond donors (Lipinski definition) is 1. The fraction of sp³-hybridized carbons (Fsp3) is 0.500. The van der Waals surface area contributed by atoms with Gasteiger partial charge < -0.3 is 5.73 Å². The van der Waals surface area contributed by atoms with Crippen molar-refractivity contribution in [3.05, 3.63) is 28.5 Å². The Balaban J connectivity index is 2.42. The molecule has 1 unspecified atom stereocenters. The monoisotopic (exact) mass is 306 g/mol. The van der Waals surface area contributed by atoms with Crippen LogP contribution in [0.15, 0.2) is 17.0 Å². The Bertz CT molecular complexity index is 592. The quantitative estimate of drug-likeness (QED) is 0.907. The van der Waals surface area contributed by atoms with E-state index in [4.69, 9.17) is 17.3 Å². The number of piperidine rings is 1. The number of rotatable bonds is 2. The largest absolute Gasteiger partial charge is 0.327 e. The normalized spacial score (nSPS) is 21.6. The molecule has 1 atom stereocenters. The molecule has 2 N–H and O–H groups in total. The van der Waals surface area contributed by atoms with E-state index in [-0.39, 0.29) is 28.1 Å². The third-order valence-corrected chi connectivity index (χ3v) is 5.58. The van der Waals surface area contributed by atoms with Crippen LogP contribution in [-0.4, -0.2) is 31.9 Å². The van der Waals surface area contributed by atoms with Crippen molar-refractivity contribution in [1.82, 2.24) is 4.31 Å². The van der Waals surface area contributed by atoms with Crippen molar-refractivity contribution >= 4 is 21.6 Å². The zero-order chi connectivity index (χ0) is 14.2. The van der Waals surface area contributed by atoms with Crippen LogP contribution in [0, 0.1) is 12.7 Å². The SMILES string of the molecule is Cc1cc(S(=O)(=O)N2CCCC(N)C2)c(Cl)cc1F. The van der Waals surface area contributed by atoms with E-state index in [0.717, 1.165) is 18.9 Å². The fourth-order valence-corrected chi connectivity index (χ4v) is 4.27. The van der Waals surface area contributed by atoms with Gasteiger partial charge in [0.2, 0.25) is 10.0 Å². The van der Waals surface area contributed by atoms with Crippen molar-refractivity contribution in [3.8, 4) is 0 Å². The number of sulfonamides is 1. The molecule has 0 amide bonds. The van der Waals surface area contributed by atoms with Gasteiger partial charge in [-0.05, 0) is 37.5 Å². The molecule has 1 aliphatic rings. The summed E-state index contributed by atoms with van der Waals surface area (Å²) in [6.45, 7) is 2.20. The molecule has 2 rings (SSSR count). The first kappa shape index (κ1) is 14.7. The Morgan fingerprint density at radius 2 is 2.16 bits per heavy atom. The molecule has 0 bridgehead atoms. The van der Waals surface area contributed by atoms with Crippen LogP contribution in [0.1, 0.15) is 18.4 Å². The summed E-state index contributed by atoms with van der Waals surface area (Å²) in [6.07, 6.45) is 1.53. The van der Waals surface area contributed by atoms with Crippen LogP contribution >= 0.6 is 11.6 Å². The molecule has 106 valence electrons. The second kappa shape index (κ2) is 5.36. The standard InChI is InChI=1S/C12H16ClFN2O2S/c1-8-5-12(10(13)6-11(8)14)19(17,18)16-4-2-3-9(15)7-16/h5-6,9H,2-4,7,15H2,1H3. The van der Waals surface area contributed by atoms with Crippen molar-refractivity contribution in [3.63, 3.8) is 0 Å². The molecule has 1 heterocycles. The van der Waals surface area contributed by atoms with Crippen molar-refractivity contribution < 1.29 is 12.8 Å². The number of aryl methyl sites for hydroxylation is 1. The zero-order valence-electron chi connectivity index (χ0n) is 10.6. The molecular formula is C12H16ClFN2O2S. The molecule has 1 fully saturated rings. The second-order valence-corrected chi connectivity index (χ2v) is 7.11. The van der Waals surface area contributed by atoms with Crippen LogP contribution in [0.5, 0.6) is 0 Å². The average Bonchev–Trinajstić information content (AvgIpc) is 2.33. The lowest BCUT2D eigenvalue weighted by molar-refractivity contribution is 0.316. The molecule has 1 aliphatic heterocycles. The third-order valence-electron chi connectivity index (χ3n) is 3.25. The maximum atomic E-state index is 13.3. The van der Waals surface area contributed by atoms with Crippen LogP contribution in [0.25, 0.3) is 0 Å². The minimum Gasteiger partial charge on any atom is -0.327 e. The summed E-state index contributed by atoms with van der Waals surface area (Å²) in [6, 6.07) is 2.14. The Hall–Kier alpha value is -0.690. The van der Waals surface area contributed by atoms with Crippen molar-refractivity contribution in [2.24, 2.45) is 5.73 Å². The van der Waals surface area contributed by atoms with Crippen LogP contribution in [0.3, 0.4) is 0 Å². The highest BCUT2D eigenvalue weighted by molar-refractivity contribution is 7.89. The fourth-order valence-electron chi connectivity index (χ4n) is 2.16. The predicted molar refractivity (Wildman–Crippen MR) is 72.1 cm³/mol. The van der Waals surface area contributed by atoms with E-state index in [1.54, 1.807) is 0 Å². The summed E-state index contributed by atoms with van der Waals surface area (Å²) < 4.78 is 39.6. The second-order valence-electron chi connectivity index (χ2n) is 4.80. The lowest BCUT2D eigenvalue weighted by Gasteiger charge is -2.30. The first-order chi connectivity index (χ1) is 8.82. The van der Waals surface area contributed by atoms with Crippen LogP contribution in [-0.2, 0) is 10.0 Å². The molecule has 1 aromatic carbocycles. The van der Waals surface area contributed by atoms with E-state index in [9.17, 15) is 12.8 Å². The van der Waals surface area contributed by atoms with Gasteiger partial charge in [0.05, 0.1) is 5.02 Å². The highest BCUT2D eigenvalue weighted by Gasteiger charge is 2.30. The lowest BCUT2D eigenvalue weighted by atomic mass is 10.1. The molecule has 0 radical (unpaired) electrons.